The van der Waals surface area contributed by atoms with E-state index in [1.807, 2.05) is 0 Å². The smallest absolute Gasteiger partial charge is 0.107 e. The highest BCUT2D eigenvalue weighted by molar-refractivity contribution is 7.09. The van der Waals surface area contributed by atoms with Gasteiger partial charge in [-0.15, -0.1) is 11.3 Å². The molecule has 2 nitrogen and oxygen atoms in total. The maximum atomic E-state index is 9.47. The van der Waals surface area contributed by atoms with Crippen molar-refractivity contribution in [3.63, 3.8) is 0 Å². The first kappa shape index (κ1) is 12.6. The average Bonchev–Trinajstić information content (AvgIpc) is 2.79. The SMILES string of the molecule is CC1CCCC(C#N)(NCc2cccs2)CC1. The molecule has 0 radical (unpaired) electrons. The number of thiophene rings is 1. The summed E-state index contributed by atoms with van der Waals surface area (Å²) in [5, 5.41) is 15.1. The number of nitrogens with one attached hydrogen (secondary N) is 1. The predicted molar refractivity (Wildman–Crippen MR) is 71.8 cm³/mol. The lowest BCUT2D eigenvalue weighted by Crippen LogP contribution is -2.42. The molecule has 0 saturated heterocycles. The van der Waals surface area contributed by atoms with E-state index < -0.39 is 0 Å². The molecule has 2 rings (SSSR count). The van der Waals surface area contributed by atoms with E-state index in [9.17, 15) is 5.26 Å². The van der Waals surface area contributed by atoms with E-state index in [1.54, 1.807) is 11.3 Å². The predicted octanol–water partition coefficient (Wildman–Crippen LogP) is 3.70. The highest BCUT2D eigenvalue weighted by Crippen LogP contribution is 2.30. The monoisotopic (exact) mass is 248 g/mol. The summed E-state index contributed by atoms with van der Waals surface area (Å²) in [6.45, 7) is 3.13. The van der Waals surface area contributed by atoms with Crippen LogP contribution in [0, 0.1) is 17.2 Å². The standard InChI is InChI=1S/C14H20N2S/c1-12-4-2-7-14(11-15,8-6-12)16-10-13-5-3-9-17-13/h3,5,9,12,16H,2,4,6-8,10H2,1H3. The first-order chi connectivity index (χ1) is 8.24. The fraction of sp³-hybridized carbons (Fsp3) is 0.643. The van der Waals surface area contributed by atoms with Crippen LogP contribution in [-0.4, -0.2) is 5.54 Å². The first-order valence-electron chi connectivity index (χ1n) is 6.43. The molecule has 0 aromatic carbocycles. The lowest BCUT2D eigenvalue weighted by atomic mass is 9.91. The van der Waals surface area contributed by atoms with Gasteiger partial charge in [0.05, 0.1) is 6.07 Å². The zero-order valence-electron chi connectivity index (χ0n) is 10.4. The van der Waals surface area contributed by atoms with Gasteiger partial charge in [-0.2, -0.15) is 5.26 Å². The molecular formula is C14H20N2S. The lowest BCUT2D eigenvalue weighted by Gasteiger charge is -2.26. The second kappa shape index (κ2) is 5.66. The van der Waals surface area contributed by atoms with Crippen molar-refractivity contribution in [1.29, 1.82) is 5.26 Å². The number of hydrogen-bond acceptors (Lipinski definition) is 3. The third kappa shape index (κ3) is 3.31. The Morgan fingerprint density at radius 1 is 1.53 bits per heavy atom. The molecule has 0 bridgehead atoms. The fourth-order valence-corrected chi connectivity index (χ4v) is 3.16. The quantitative estimate of drug-likeness (QED) is 0.828. The van der Waals surface area contributed by atoms with Gasteiger partial charge < -0.3 is 0 Å². The van der Waals surface area contributed by atoms with Gasteiger partial charge in [-0.1, -0.05) is 25.8 Å². The zero-order chi connectivity index (χ0) is 12.1. The van der Waals surface area contributed by atoms with E-state index in [1.165, 1.54) is 24.1 Å². The molecule has 92 valence electrons. The highest BCUT2D eigenvalue weighted by atomic mass is 32.1. The number of rotatable bonds is 3. The van der Waals surface area contributed by atoms with E-state index in [2.05, 4.69) is 35.8 Å². The lowest BCUT2D eigenvalue weighted by molar-refractivity contribution is 0.360. The van der Waals surface area contributed by atoms with Crippen LogP contribution < -0.4 is 5.32 Å². The van der Waals surface area contributed by atoms with Crippen LogP contribution >= 0.6 is 11.3 Å². The second-order valence-corrected chi connectivity index (χ2v) is 6.20. The molecular weight excluding hydrogens is 228 g/mol. The van der Waals surface area contributed by atoms with Crippen LogP contribution in [0.4, 0.5) is 0 Å². The maximum Gasteiger partial charge on any atom is 0.107 e. The van der Waals surface area contributed by atoms with Gasteiger partial charge in [-0.25, -0.2) is 0 Å². The van der Waals surface area contributed by atoms with Gasteiger partial charge >= 0.3 is 0 Å². The molecule has 0 amide bonds. The molecule has 0 spiro atoms. The van der Waals surface area contributed by atoms with Crippen LogP contribution in [0.1, 0.15) is 43.9 Å². The Bertz CT molecular complexity index is 379. The van der Waals surface area contributed by atoms with Gasteiger partial charge in [-0.05, 0) is 36.6 Å². The summed E-state index contributed by atoms with van der Waals surface area (Å²) in [4.78, 5) is 1.32. The van der Waals surface area contributed by atoms with Crippen molar-refractivity contribution in [1.82, 2.24) is 5.32 Å². The third-order valence-electron chi connectivity index (χ3n) is 3.76. The molecule has 1 N–H and O–H groups in total. The van der Waals surface area contributed by atoms with Crippen LogP contribution in [0.2, 0.25) is 0 Å². The number of hydrogen-bond donors (Lipinski definition) is 1. The van der Waals surface area contributed by atoms with Crippen LogP contribution in [-0.2, 0) is 6.54 Å². The molecule has 17 heavy (non-hydrogen) atoms. The minimum Gasteiger partial charge on any atom is -0.294 e. The number of nitrogens with zero attached hydrogens (tertiary/aromatic N) is 1. The molecule has 1 aliphatic rings. The Morgan fingerprint density at radius 3 is 3.12 bits per heavy atom. The van der Waals surface area contributed by atoms with Crippen LogP contribution in [0.25, 0.3) is 0 Å². The largest absolute Gasteiger partial charge is 0.294 e. The van der Waals surface area contributed by atoms with Crippen LogP contribution in [0.3, 0.4) is 0 Å². The normalized spacial score (nSPS) is 29.5. The van der Waals surface area contributed by atoms with Gasteiger partial charge in [0.1, 0.15) is 5.54 Å². The second-order valence-electron chi connectivity index (χ2n) is 5.16. The van der Waals surface area contributed by atoms with Crippen molar-refractivity contribution < 1.29 is 0 Å². The summed E-state index contributed by atoms with van der Waals surface area (Å²) in [7, 11) is 0. The Kier molecular flexibility index (Phi) is 4.20. The Labute approximate surface area is 108 Å². The molecule has 1 aliphatic carbocycles. The van der Waals surface area contributed by atoms with E-state index >= 15 is 0 Å². The summed E-state index contributed by atoms with van der Waals surface area (Å²) in [6.07, 6.45) is 5.61. The minimum atomic E-state index is -0.283. The third-order valence-corrected chi connectivity index (χ3v) is 4.64. The molecule has 0 aliphatic heterocycles. The summed E-state index contributed by atoms with van der Waals surface area (Å²) < 4.78 is 0. The topological polar surface area (TPSA) is 35.8 Å². The summed E-state index contributed by atoms with van der Waals surface area (Å²) >= 11 is 1.75. The van der Waals surface area contributed by atoms with Gasteiger partial charge in [0.2, 0.25) is 0 Å². The highest BCUT2D eigenvalue weighted by Gasteiger charge is 2.31. The van der Waals surface area contributed by atoms with Gasteiger partial charge in [0.15, 0.2) is 0 Å². The molecule has 2 atom stereocenters. The van der Waals surface area contributed by atoms with Crippen molar-refractivity contribution in [3.05, 3.63) is 22.4 Å². The molecule has 3 heteroatoms. The molecule has 1 aromatic heterocycles. The average molecular weight is 248 g/mol. The molecule has 1 heterocycles. The van der Waals surface area contributed by atoms with Crippen molar-refractivity contribution in [2.75, 3.05) is 0 Å². The summed E-state index contributed by atoms with van der Waals surface area (Å²) in [5.41, 5.74) is -0.283. The van der Waals surface area contributed by atoms with Crippen molar-refractivity contribution in [2.45, 2.75) is 51.1 Å². The van der Waals surface area contributed by atoms with E-state index in [0.717, 1.165) is 25.3 Å². The van der Waals surface area contributed by atoms with E-state index in [4.69, 9.17) is 0 Å². The molecule has 1 fully saturated rings. The maximum absolute atomic E-state index is 9.47. The van der Waals surface area contributed by atoms with E-state index in [0.29, 0.717) is 0 Å². The fourth-order valence-electron chi connectivity index (χ4n) is 2.51. The van der Waals surface area contributed by atoms with Crippen molar-refractivity contribution >= 4 is 11.3 Å². The van der Waals surface area contributed by atoms with E-state index in [-0.39, 0.29) is 5.54 Å². The van der Waals surface area contributed by atoms with Crippen LogP contribution in [0.15, 0.2) is 17.5 Å². The molecule has 1 aromatic rings. The molecule has 2 unspecified atom stereocenters. The van der Waals surface area contributed by atoms with Crippen molar-refractivity contribution in [2.24, 2.45) is 5.92 Å². The zero-order valence-corrected chi connectivity index (χ0v) is 11.2. The Hall–Kier alpha value is -0.850. The van der Waals surface area contributed by atoms with Gasteiger partial charge in [0.25, 0.3) is 0 Å². The Balaban J connectivity index is 1.97. The summed E-state index contributed by atoms with van der Waals surface area (Å²) in [5.74, 6) is 0.772. The summed E-state index contributed by atoms with van der Waals surface area (Å²) in [6, 6.07) is 6.73. The number of nitriles is 1. The van der Waals surface area contributed by atoms with Gasteiger partial charge in [0, 0.05) is 11.4 Å². The first-order valence-corrected chi connectivity index (χ1v) is 7.31. The Morgan fingerprint density at radius 2 is 2.41 bits per heavy atom. The molecule has 1 saturated carbocycles. The minimum absolute atomic E-state index is 0.283. The van der Waals surface area contributed by atoms with Crippen LogP contribution in [0.5, 0.6) is 0 Å². The van der Waals surface area contributed by atoms with Crippen molar-refractivity contribution in [3.8, 4) is 6.07 Å². The van der Waals surface area contributed by atoms with Gasteiger partial charge in [-0.3, -0.25) is 5.32 Å².